The standard InChI is InChI=1S/C18H19FN6O4S/c1-12-22-23-24-25(12)17-11-14(5-8-16(17)19)21-18(26)13-3-6-15(7-4-13)30(27,28)20-9-10-29-2/h3-8,11,20H,9-10H2,1-2H3,(H,21,26). The molecule has 10 nitrogen and oxygen atoms in total. The number of benzene rings is 2. The van der Waals surface area contributed by atoms with Gasteiger partial charge in [-0.05, 0) is 59.8 Å². The van der Waals surface area contributed by atoms with Gasteiger partial charge in [0, 0.05) is 24.9 Å². The van der Waals surface area contributed by atoms with Crippen molar-refractivity contribution in [1.82, 2.24) is 24.9 Å². The third-order valence-corrected chi connectivity index (χ3v) is 5.56. The van der Waals surface area contributed by atoms with Crippen LogP contribution < -0.4 is 10.0 Å². The van der Waals surface area contributed by atoms with Crippen LogP contribution in [0.2, 0.25) is 0 Å². The molecule has 0 radical (unpaired) electrons. The molecule has 1 aromatic heterocycles. The Morgan fingerprint density at radius 1 is 1.20 bits per heavy atom. The molecule has 1 heterocycles. The zero-order valence-corrected chi connectivity index (χ0v) is 17.0. The number of hydrogen-bond donors (Lipinski definition) is 2. The van der Waals surface area contributed by atoms with Gasteiger partial charge in [-0.2, -0.15) is 4.68 Å². The average molecular weight is 434 g/mol. The molecule has 2 aromatic carbocycles. The molecule has 0 atom stereocenters. The van der Waals surface area contributed by atoms with Gasteiger partial charge in [0.2, 0.25) is 10.0 Å². The van der Waals surface area contributed by atoms with Gasteiger partial charge in [-0.15, -0.1) is 5.10 Å². The van der Waals surface area contributed by atoms with Crippen molar-refractivity contribution in [2.24, 2.45) is 0 Å². The van der Waals surface area contributed by atoms with E-state index in [1.165, 1.54) is 54.3 Å². The molecule has 0 aliphatic rings. The molecule has 12 heteroatoms. The summed E-state index contributed by atoms with van der Waals surface area (Å²) in [5, 5.41) is 13.5. The summed E-state index contributed by atoms with van der Waals surface area (Å²) in [6.07, 6.45) is 0. The minimum absolute atomic E-state index is 0.0216. The first-order valence-corrected chi connectivity index (χ1v) is 10.2. The van der Waals surface area contributed by atoms with Gasteiger partial charge in [0.1, 0.15) is 11.5 Å². The largest absolute Gasteiger partial charge is 0.383 e. The van der Waals surface area contributed by atoms with Crippen LogP contribution in [0.25, 0.3) is 5.69 Å². The number of nitrogens with zero attached hydrogens (tertiary/aromatic N) is 4. The van der Waals surface area contributed by atoms with E-state index in [0.29, 0.717) is 11.5 Å². The molecule has 0 bridgehead atoms. The lowest BCUT2D eigenvalue weighted by atomic mass is 10.2. The van der Waals surface area contributed by atoms with E-state index in [1.807, 2.05) is 0 Å². The van der Waals surface area contributed by atoms with E-state index in [9.17, 15) is 17.6 Å². The summed E-state index contributed by atoms with van der Waals surface area (Å²) in [5.74, 6) is -0.662. The Balaban J connectivity index is 1.75. The smallest absolute Gasteiger partial charge is 0.255 e. The van der Waals surface area contributed by atoms with E-state index >= 15 is 0 Å². The molecule has 0 aliphatic carbocycles. The van der Waals surface area contributed by atoms with E-state index in [2.05, 4.69) is 25.6 Å². The Morgan fingerprint density at radius 2 is 1.93 bits per heavy atom. The molecule has 0 saturated heterocycles. The number of carbonyl (C=O) groups excluding carboxylic acids is 1. The highest BCUT2D eigenvalue weighted by molar-refractivity contribution is 7.89. The number of aryl methyl sites for hydroxylation is 1. The first-order valence-electron chi connectivity index (χ1n) is 8.77. The number of hydrogen-bond acceptors (Lipinski definition) is 7. The summed E-state index contributed by atoms with van der Waals surface area (Å²) < 4.78 is 46.9. The van der Waals surface area contributed by atoms with Gasteiger partial charge in [-0.25, -0.2) is 17.5 Å². The predicted octanol–water partition coefficient (Wildman–Crippen LogP) is 1.29. The van der Waals surface area contributed by atoms with Crippen molar-refractivity contribution < 1.29 is 22.3 Å². The zero-order valence-electron chi connectivity index (χ0n) is 16.2. The Morgan fingerprint density at radius 3 is 2.57 bits per heavy atom. The molecule has 0 saturated carbocycles. The maximum absolute atomic E-state index is 14.1. The van der Waals surface area contributed by atoms with Crippen LogP contribution in [0.5, 0.6) is 0 Å². The van der Waals surface area contributed by atoms with Crippen LogP contribution in [0.3, 0.4) is 0 Å². The summed E-state index contributed by atoms with van der Waals surface area (Å²) in [6, 6.07) is 9.40. The van der Waals surface area contributed by atoms with Gasteiger partial charge in [-0.1, -0.05) is 0 Å². The van der Waals surface area contributed by atoms with Crippen LogP contribution in [-0.4, -0.2) is 54.8 Å². The van der Waals surface area contributed by atoms with E-state index in [-0.39, 0.29) is 29.3 Å². The molecule has 0 aliphatic heterocycles. The fourth-order valence-corrected chi connectivity index (χ4v) is 3.57. The Hall–Kier alpha value is -3.22. The minimum atomic E-state index is -3.70. The van der Waals surface area contributed by atoms with E-state index in [0.717, 1.165) is 0 Å². The number of amides is 1. The van der Waals surface area contributed by atoms with Crippen LogP contribution in [-0.2, 0) is 14.8 Å². The maximum Gasteiger partial charge on any atom is 0.255 e. The second kappa shape index (κ2) is 9.07. The molecular weight excluding hydrogens is 415 g/mol. The van der Waals surface area contributed by atoms with Crippen molar-refractivity contribution in [1.29, 1.82) is 0 Å². The highest BCUT2D eigenvalue weighted by Crippen LogP contribution is 2.20. The molecule has 3 aromatic rings. The second-order valence-electron chi connectivity index (χ2n) is 6.17. The maximum atomic E-state index is 14.1. The molecule has 158 valence electrons. The lowest BCUT2D eigenvalue weighted by Gasteiger charge is -2.10. The molecule has 2 N–H and O–H groups in total. The number of ether oxygens (including phenoxy) is 1. The Kier molecular flexibility index (Phi) is 6.50. The molecule has 0 spiro atoms. The lowest BCUT2D eigenvalue weighted by Crippen LogP contribution is -2.27. The summed E-state index contributed by atoms with van der Waals surface area (Å²) in [6.45, 7) is 1.99. The van der Waals surface area contributed by atoms with Crippen molar-refractivity contribution in [2.75, 3.05) is 25.6 Å². The van der Waals surface area contributed by atoms with E-state index in [1.54, 1.807) is 6.92 Å². The number of sulfonamides is 1. The van der Waals surface area contributed by atoms with Crippen molar-refractivity contribution >= 4 is 21.6 Å². The number of halogens is 1. The number of rotatable bonds is 8. The SMILES string of the molecule is COCCNS(=O)(=O)c1ccc(C(=O)Nc2ccc(F)c(-n3nnnc3C)c2)cc1. The predicted molar refractivity (Wildman–Crippen MR) is 105 cm³/mol. The van der Waals surface area contributed by atoms with Gasteiger partial charge < -0.3 is 10.1 Å². The summed E-state index contributed by atoms with van der Waals surface area (Å²) in [5.41, 5.74) is 0.637. The zero-order chi connectivity index (χ0) is 21.7. The van der Waals surface area contributed by atoms with Gasteiger partial charge in [0.05, 0.1) is 11.5 Å². The van der Waals surface area contributed by atoms with Crippen molar-refractivity contribution in [3.8, 4) is 5.69 Å². The van der Waals surface area contributed by atoms with Crippen molar-refractivity contribution in [2.45, 2.75) is 11.8 Å². The number of aromatic nitrogens is 4. The minimum Gasteiger partial charge on any atom is -0.383 e. The quantitative estimate of drug-likeness (QED) is 0.511. The van der Waals surface area contributed by atoms with Crippen molar-refractivity contribution in [3.05, 3.63) is 59.7 Å². The highest BCUT2D eigenvalue weighted by atomic mass is 32.2. The molecule has 1 amide bonds. The Labute approximate surface area is 172 Å². The number of tetrazole rings is 1. The monoisotopic (exact) mass is 434 g/mol. The van der Waals surface area contributed by atoms with Crippen LogP contribution in [0, 0.1) is 12.7 Å². The van der Waals surface area contributed by atoms with Crippen LogP contribution in [0.4, 0.5) is 10.1 Å². The number of methoxy groups -OCH3 is 1. The number of carbonyl (C=O) groups is 1. The van der Waals surface area contributed by atoms with Crippen LogP contribution in [0.1, 0.15) is 16.2 Å². The third kappa shape index (κ3) is 4.84. The summed E-state index contributed by atoms with van der Waals surface area (Å²) >= 11 is 0. The van der Waals surface area contributed by atoms with Crippen molar-refractivity contribution in [3.63, 3.8) is 0 Å². The molecule has 0 fully saturated rings. The van der Waals surface area contributed by atoms with Gasteiger partial charge >= 0.3 is 0 Å². The Bertz CT molecular complexity index is 1150. The summed E-state index contributed by atoms with van der Waals surface area (Å²) in [7, 11) is -2.23. The van der Waals surface area contributed by atoms with Crippen LogP contribution >= 0.6 is 0 Å². The fraction of sp³-hybridized carbons (Fsp3) is 0.222. The van der Waals surface area contributed by atoms with Gasteiger partial charge in [0.25, 0.3) is 5.91 Å². The van der Waals surface area contributed by atoms with Gasteiger partial charge in [0.15, 0.2) is 5.82 Å². The van der Waals surface area contributed by atoms with E-state index < -0.39 is 21.7 Å². The highest BCUT2D eigenvalue weighted by Gasteiger charge is 2.16. The summed E-state index contributed by atoms with van der Waals surface area (Å²) in [4.78, 5) is 12.5. The first-order chi connectivity index (χ1) is 14.3. The average Bonchev–Trinajstić information content (AvgIpc) is 3.15. The second-order valence-corrected chi connectivity index (χ2v) is 7.94. The number of nitrogens with one attached hydrogen (secondary N) is 2. The van der Waals surface area contributed by atoms with E-state index in [4.69, 9.17) is 4.74 Å². The van der Waals surface area contributed by atoms with Crippen LogP contribution in [0.15, 0.2) is 47.4 Å². The topological polar surface area (TPSA) is 128 Å². The molecular formula is C18H19FN6O4S. The number of anilines is 1. The lowest BCUT2D eigenvalue weighted by molar-refractivity contribution is 0.102. The fourth-order valence-electron chi connectivity index (χ4n) is 2.56. The molecule has 0 unspecified atom stereocenters. The first kappa shape index (κ1) is 21.5. The third-order valence-electron chi connectivity index (χ3n) is 4.08. The molecule has 3 rings (SSSR count). The molecule has 30 heavy (non-hydrogen) atoms. The van der Waals surface area contributed by atoms with Gasteiger partial charge in [-0.3, -0.25) is 4.79 Å². The normalized spacial score (nSPS) is 11.4.